The van der Waals surface area contributed by atoms with Crippen molar-refractivity contribution in [2.75, 3.05) is 23.8 Å². The Morgan fingerprint density at radius 3 is 2.64 bits per heavy atom. The predicted molar refractivity (Wildman–Crippen MR) is 103 cm³/mol. The average Bonchev–Trinajstić information content (AvgIpc) is 2.59. The topological polar surface area (TPSA) is 58.1 Å². The van der Waals surface area contributed by atoms with Gasteiger partial charge in [0.1, 0.15) is 17.3 Å². The van der Waals surface area contributed by atoms with Gasteiger partial charge in [-0.1, -0.05) is 45.4 Å². The molecule has 2 aromatic rings. The van der Waals surface area contributed by atoms with E-state index in [1.165, 1.54) is 0 Å². The fraction of sp³-hybridized carbons (Fsp3) is 0.450. The Labute approximate surface area is 150 Å². The standard InChI is InChI=1S/C20H28N4O/c1-6-7-12-24(5)19-13-18(21-15(4)22-19)20(25)23-17-11-9-8-10-16(17)14(2)3/h8-11,13-14H,6-7,12H2,1-5H3,(H,23,25). The molecule has 0 radical (unpaired) electrons. The maximum atomic E-state index is 12.7. The number of anilines is 2. The minimum absolute atomic E-state index is 0.205. The summed E-state index contributed by atoms with van der Waals surface area (Å²) >= 11 is 0. The molecule has 1 aromatic carbocycles. The van der Waals surface area contributed by atoms with Crippen molar-refractivity contribution in [1.29, 1.82) is 0 Å². The number of rotatable bonds is 7. The van der Waals surface area contributed by atoms with Gasteiger partial charge < -0.3 is 10.2 Å². The second kappa shape index (κ2) is 8.60. The molecule has 25 heavy (non-hydrogen) atoms. The highest BCUT2D eigenvalue weighted by atomic mass is 16.1. The summed E-state index contributed by atoms with van der Waals surface area (Å²) in [5.41, 5.74) is 2.34. The normalized spacial score (nSPS) is 10.8. The van der Waals surface area contributed by atoms with Crippen LogP contribution in [0.5, 0.6) is 0 Å². The number of aryl methyl sites for hydroxylation is 1. The Bertz CT molecular complexity index is 727. The summed E-state index contributed by atoms with van der Waals surface area (Å²) in [5, 5.41) is 3.00. The van der Waals surface area contributed by atoms with Crippen molar-refractivity contribution in [1.82, 2.24) is 9.97 Å². The lowest BCUT2D eigenvalue weighted by molar-refractivity contribution is 0.102. The molecule has 1 N–H and O–H groups in total. The van der Waals surface area contributed by atoms with Crippen LogP contribution in [0.1, 0.15) is 61.4 Å². The highest BCUT2D eigenvalue weighted by molar-refractivity contribution is 6.03. The molecular formula is C20H28N4O. The van der Waals surface area contributed by atoms with Crippen LogP contribution in [-0.4, -0.2) is 29.5 Å². The van der Waals surface area contributed by atoms with Crippen molar-refractivity contribution in [3.63, 3.8) is 0 Å². The van der Waals surface area contributed by atoms with Gasteiger partial charge in [0.2, 0.25) is 0 Å². The van der Waals surface area contributed by atoms with E-state index >= 15 is 0 Å². The third kappa shape index (κ3) is 5.02. The van der Waals surface area contributed by atoms with Crippen LogP contribution in [0.15, 0.2) is 30.3 Å². The van der Waals surface area contributed by atoms with Gasteiger partial charge in [-0.25, -0.2) is 9.97 Å². The average molecular weight is 340 g/mol. The van der Waals surface area contributed by atoms with Crippen molar-refractivity contribution in [3.8, 4) is 0 Å². The summed E-state index contributed by atoms with van der Waals surface area (Å²) < 4.78 is 0. The van der Waals surface area contributed by atoms with Crippen molar-refractivity contribution in [2.24, 2.45) is 0 Å². The van der Waals surface area contributed by atoms with E-state index < -0.39 is 0 Å². The first-order chi connectivity index (χ1) is 11.9. The Hall–Kier alpha value is -2.43. The van der Waals surface area contributed by atoms with Crippen molar-refractivity contribution >= 4 is 17.4 Å². The molecule has 0 aliphatic rings. The smallest absolute Gasteiger partial charge is 0.274 e. The summed E-state index contributed by atoms with van der Waals surface area (Å²) in [6.45, 7) is 9.10. The fourth-order valence-electron chi connectivity index (χ4n) is 2.67. The lowest BCUT2D eigenvalue weighted by atomic mass is 10.0. The van der Waals surface area contributed by atoms with Crippen LogP contribution in [-0.2, 0) is 0 Å². The fourth-order valence-corrected chi connectivity index (χ4v) is 2.67. The summed E-state index contributed by atoms with van der Waals surface area (Å²) in [5.74, 6) is 1.51. The zero-order valence-corrected chi connectivity index (χ0v) is 15.8. The highest BCUT2D eigenvalue weighted by Gasteiger charge is 2.15. The Morgan fingerprint density at radius 2 is 1.96 bits per heavy atom. The lowest BCUT2D eigenvalue weighted by Gasteiger charge is -2.19. The molecule has 0 atom stereocenters. The monoisotopic (exact) mass is 340 g/mol. The van der Waals surface area contributed by atoms with E-state index in [0.29, 0.717) is 17.4 Å². The third-order valence-corrected chi connectivity index (χ3v) is 4.13. The molecule has 2 rings (SSSR count). The molecule has 0 aliphatic heterocycles. The quantitative estimate of drug-likeness (QED) is 0.812. The molecule has 1 amide bonds. The van der Waals surface area contributed by atoms with E-state index in [4.69, 9.17) is 0 Å². The van der Waals surface area contributed by atoms with Gasteiger partial charge in [0.25, 0.3) is 5.91 Å². The molecule has 1 aromatic heterocycles. The first kappa shape index (κ1) is 18.9. The van der Waals surface area contributed by atoms with Crippen LogP contribution in [0.2, 0.25) is 0 Å². The number of carbonyl (C=O) groups excluding carboxylic acids is 1. The molecule has 0 spiro atoms. The van der Waals surface area contributed by atoms with E-state index in [1.807, 2.05) is 38.2 Å². The number of aromatic nitrogens is 2. The second-order valence-electron chi connectivity index (χ2n) is 6.63. The van der Waals surface area contributed by atoms with Crippen LogP contribution in [0.4, 0.5) is 11.5 Å². The van der Waals surface area contributed by atoms with Crippen LogP contribution in [0, 0.1) is 6.92 Å². The largest absolute Gasteiger partial charge is 0.360 e. The zero-order valence-electron chi connectivity index (χ0n) is 15.8. The van der Waals surface area contributed by atoms with Crippen molar-refractivity contribution < 1.29 is 4.79 Å². The maximum absolute atomic E-state index is 12.7. The van der Waals surface area contributed by atoms with Gasteiger partial charge in [0, 0.05) is 25.3 Å². The van der Waals surface area contributed by atoms with Gasteiger partial charge in [-0.3, -0.25) is 4.79 Å². The van der Waals surface area contributed by atoms with E-state index in [1.54, 1.807) is 6.07 Å². The van der Waals surface area contributed by atoms with E-state index in [2.05, 4.69) is 41.0 Å². The number of benzene rings is 1. The number of hydrogen-bond donors (Lipinski definition) is 1. The Kier molecular flexibility index (Phi) is 6.51. The number of unbranched alkanes of at least 4 members (excludes halogenated alkanes) is 1. The minimum Gasteiger partial charge on any atom is -0.360 e. The predicted octanol–water partition coefficient (Wildman–Crippen LogP) is 4.40. The van der Waals surface area contributed by atoms with Crippen molar-refractivity contribution in [3.05, 3.63) is 47.4 Å². The summed E-state index contributed by atoms with van der Waals surface area (Å²) in [7, 11) is 1.99. The molecule has 5 heteroatoms. The number of hydrogen-bond acceptors (Lipinski definition) is 4. The molecule has 1 heterocycles. The molecule has 5 nitrogen and oxygen atoms in total. The number of nitrogens with one attached hydrogen (secondary N) is 1. The Morgan fingerprint density at radius 1 is 1.24 bits per heavy atom. The lowest BCUT2D eigenvalue weighted by Crippen LogP contribution is -2.22. The number of amides is 1. The van der Waals surface area contributed by atoms with E-state index in [0.717, 1.165) is 36.5 Å². The highest BCUT2D eigenvalue weighted by Crippen LogP contribution is 2.24. The maximum Gasteiger partial charge on any atom is 0.274 e. The molecule has 0 saturated carbocycles. The van der Waals surface area contributed by atoms with Gasteiger partial charge in [0.05, 0.1) is 0 Å². The molecule has 0 unspecified atom stereocenters. The molecular weight excluding hydrogens is 312 g/mol. The number of para-hydroxylation sites is 1. The summed E-state index contributed by atoms with van der Waals surface area (Å²) in [6.07, 6.45) is 2.20. The van der Waals surface area contributed by atoms with Gasteiger partial charge in [-0.15, -0.1) is 0 Å². The van der Waals surface area contributed by atoms with E-state index in [-0.39, 0.29) is 5.91 Å². The first-order valence-electron chi connectivity index (χ1n) is 8.89. The molecule has 134 valence electrons. The van der Waals surface area contributed by atoms with Gasteiger partial charge in [-0.05, 0) is 30.9 Å². The second-order valence-corrected chi connectivity index (χ2v) is 6.63. The Balaban J connectivity index is 2.24. The van der Waals surface area contributed by atoms with Crippen molar-refractivity contribution in [2.45, 2.75) is 46.5 Å². The van der Waals surface area contributed by atoms with Crippen LogP contribution in [0.3, 0.4) is 0 Å². The molecule has 0 bridgehead atoms. The molecule has 0 fully saturated rings. The van der Waals surface area contributed by atoms with Gasteiger partial charge >= 0.3 is 0 Å². The number of carbonyl (C=O) groups is 1. The molecule has 0 aliphatic carbocycles. The van der Waals surface area contributed by atoms with Crippen LogP contribution in [0.25, 0.3) is 0 Å². The van der Waals surface area contributed by atoms with Gasteiger partial charge in [0.15, 0.2) is 0 Å². The minimum atomic E-state index is -0.205. The van der Waals surface area contributed by atoms with Gasteiger partial charge in [-0.2, -0.15) is 0 Å². The third-order valence-electron chi connectivity index (χ3n) is 4.13. The molecule has 0 saturated heterocycles. The van der Waals surface area contributed by atoms with Crippen LogP contribution < -0.4 is 10.2 Å². The van der Waals surface area contributed by atoms with Crippen LogP contribution >= 0.6 is 0 Å². The van der Waals surface area contributed by atoms with E-state index in [9.17, 15) is 4.79 Å². The SMILES string of the molecule is CCCCN(C)c1cc(C(=O)Nc2ccccc2C(C)C)nc(C)n1. The first-order valence-corrected chi connectivity index (χ1v) is 8.89. The zero-order chi connectivity index (χ0) is 18.4. The number of nitrogens with zero attached hydrogens (tertiary/aromatic N) is 3. The summed E-state index contributed by atoms with van der Waals surface area (Å²) in [6, 6.07) is 9.64. The summed E-state index contributed by atoms with van der Waals surface area (Å²) in [4.78, 5) is 23.6.